The van der Waals surface area contributed by atoms with Crippen molar-refractivity contribution in [2.24, 2.45) is 17.8 Å². The van der Waals surface area contributed by atoms with Crippen LogP contribution in [0.3, 0.4) is 0 Å². The quantitative estimate of drug-likeness (QED) is 0.522. The van der Waals surface area contributed by atoms with E-state index in [1.807, 2.05) is 0 Å². The summed E-state index contributed by atoms with van der Waals surface area (Å²) in [7, 11) is 5.00. The fraction of sp³-hybridized carbons (Fsp3) is 0.733. The molecule has 0 amide bonds. The summed E-state index contributed by atoms with van der Waals surface area (Å²) in [6, 6.07) is 0. The Morgan fingerprint density at radius 1 is 0.696 bits per heavy atom. The van der Waals surface area contributed by atoms with Gasteiger partial charge in [0.05, 0.1) is 52.6 Å². The summed E-state index contributed by atoms with van der Waals surface area (Å²) in [6.07, 6.45) is -0.209. The number of methoxy groups -OCH3 is 4. The fourth-order valence-electron chi connectivity index (χ4n) is 1.46. The lowest BCUT2D eigenvalue weighted by Crippen LogP contribution is -2.31. The Kier molecular flexibility index (Phi) is 12.5. The highest BCUT2D eigenvalue weighted by atomic mass is 16.5. The highest BCUT2D eigenvalue weighted by Crippen LogP contribution is 2.19. The second-order valence-corrected chi connectivity index (χ2v) is 4.90. The van der Waals surface area contributed by atoms with Gasteiger partial charge in [0, 0.05) is 0 Å². The van der Waals surface area contributed by atoms with Crippen molar-refractivity contribution in [3.8, 4) is 0 Å². The van der Waals surface area contributed by atoms with E-state index in [2.05, 4.69) is 18.9 Å². The third-order valence-electron chi connectivity index (χ3n) is 2.97. The molecule has 2 unspecified atom stereocenters. The Bertz CT molecular complexity index is 402. The van der Waals surface area contributed by atoms with E-state index in [4.69, 9.17) is 0 Å². The average molecular weight is 334 g/mol. The molecule has 0 bridgehead atoms. The van der Waals surface area contributed by atoms with Gasteiger partial charge in [0.1, 0.15) is 0 Å². The number of esters is 4. The molecule has 0 aliphatic carbocycles. The van der Waals surface area contributed by atoms with Crippen LogP contribution in [0.2, 0.25) is 0 Å². The Balaban J connectivity index is 0. The first kappa shape index (κ1) is 23.2. The van der Waals surface area contributed by atoms with Crippen molar-refractivity contribution >= 4 is 23.9 Å². The summed E-state index contributed by atoms with van der Waals surface area (Å²) in [6.45, 7) is 5.09. The third-order valence-corrected chi connectivity index (χ3v) is 2.97. The fourth-order valence-corrected chi connectivity index (χ4v) is 1.46. The van der Waals surface area contributed by atoms with E-state index in [1.54, 1.807) is 13.8 Å². The van der Waals surface area contributed by atoms with Gasteiger partial charge in [-0.1, -0.05) is 20.8 Å². The van der Waals surface area contributed by atoms with Crippen molar-refractivity contribution < 1.29 is 38.1 Å². The average Bonchev–Trinajstić information content (AvgIpc) is 2.56. The number of ether oxygens (including phenoxy) is 4. The number of hydrogen-bond donors (Lipinski definition) is 0. The van der Waals surface area contributed by atoms with Gasteiger partial charge < -0.3 is 18.9 Å². The molecule has 0 aliphatic heterocycles. The zero-order valence-corrected chi connectivity index (χ0v) is 14.7. The van der Waals surface area contributed by atoms with Gasteiger partial charge in [0.2, 0.25) is 0 Å². The van der Waals surface area contributed by atoms with Crippen LogP contribution in [0.25, 0.3) is 0 Å². The van der Waals surface area contributed by atoms with Gasteiger partial charge in [0.25, 0.3) is 0 Å². The molecule has 0 aromatic carbocycles. The van der Waals surface area contributed by atoms with Crippen LogP contribution in [0.4, 0.5) is 0 Å². The Hall–Kier alpha value is -2.12. The van der Waals surface area contributed by atoms with Gasteiger partial charge >= 0.3 is 23.9 Å². The zero-order valence-electron chi connectivity index (χ0n) is 14.7. The van der Waals surface area contributed by atoms with E-state index >= 15 is 0 Å². The summed E-state index contributed by atoms with van der Waals surface area (Å²) < 4.78 is 17.8. The molecule has 0 aromatic rings. The van der Waals surface area contributed by atoms with E-state index in [0.29, 0.717) is 0 Å². The van der Waals surface area contributed by atoms with Crippen molar-refractivity contribution in [1.29, 1.82) is 0 Å². The first-order chi connectivity index (χ1) is 10.7. The van der Waals surface area contributed by atoms with Gasteiger partial charge in [-0.3, -0.25) is 19.2 Å². The van der Waals surface area contributed by atoms with Crippen LogP contribution >= 0.6 is 0 Å². The maximum absolute atomic E-state index is 11.4. The smallest absolute Gasteiger partial charge is 0.310 e. The molecule has 23 heavy (non-hydrogen) atoms. The second kappa shape index (κ2) is 12.4. The first-order valence-corrected chi connectivity index (χ1v) is 6.96. The Labute approximate surface area is 136 Å². The molecule has 0 radical (unpaired) electrons. The van der Waals surface area contributed by atoms with E-state index in [-0.39, 0.29) is 18.3 Å². The van der Waals surface area contributed by atoms with Crippen LogP contribution in [-0.4, -0.2) is 52.3 Å². The van der Waals surface area contributed by atoms with Crippen molar-refractivity contribution in [3.05, 3.63) is 0 Å². The molecule has 0 N–H and O–H groups in total. The van der Waals surface area contributed by atoms with Crippen LogP contribution in [0.15, 0.2) is 0 Å². The summed E-state index contributed by atoms with van der Waals surface area (Å²) in [5, 5.41) is 0. The van der Waals surface area contributed by atoms with E-state index < -0.39 is 29.7 Å². The lowest BCUT2D eigenvalue weighted by Gasteiger charge is -2.18. The maximum Gasteiger partial charge on any atom is 0.310 e. The first-order valence-electron chi connectivity index (χ1n) is 6.96. The molecular formula is C15H26O8. The molecular weight excluding hydrogens is 308 g/mol. The zero-order chi connectivity index (χ0) is 18.6. The summed E-state index contributed by atoms with van der Waals surface area (Å²) in [5.74, 6) is -3.57. The van der Waals surface area contributed by atoms with Gasteiger partial charge in [0.15, 0.2) is 0 Å². The van der Waals surface area contributed by atoms with Crippen molar-refractivity contribution in [1.82, 2.24) is 0 Å². The predicted octanol–water partition coefficient (Wildman–Crippen LogP) is 0.963. The maximum atomic E-state index is 11.4. The SMILES string of the molecule is COC(=O)C(C)C.COC(=O)CC(C(=O)OC)C(C)C(=O)OC. The van der Waals surface area contributed by atoms with E-state index in [1.165, 1.54) is 35.4 Å². The molecule has 8 heteroatoms. The molecule has 8 nitrogen and oxygen atoms in total. The lowest BCUT2D eigenvalue weighted by molar-refractivity contribution is -0.160. The second-order valence-electron chi connectivity index (χ2n) is 4.90. The minimum absolute atomic E-state index is 0.00463. The van der Waals surface area contributed by atoms with Gasteiger partial charge in [-0.15, -0.1) is 0 Å². The number of rotatable bonds is 6. The van der Waals surface area contributed by atoms with E-state index in [9.17, 15) is 19.2 Å². The van der Waals surface area contributed by atoms with Gasteiger partial charge in [-0.2, -0.15) is 0 Å². The van der Waals surface area contributed by atoms with Crippen LogP contribution in [0.1, 0.15) is 27.2 Å². The Morgan fingerprint density at radius 3 is 1.39 bits per heavy atom. The predicted molar refractivity (Wildman–Crippen MR) is 80.2 cm³/mol. The molecule has 134 valence electrons. The summed E-state index contributed by atoms with van der Waals surface area (Å²) in [5.41, 5.74) is 0. The van der Waals surface area contributed by atoms with Gasteiger partial charge in [-0.25, -0.2) is 0 Å². The van der Waals surface area contributed by atoms with E-state index in [0.717, 1.165) is 0 Å². The lowest BCUT2D eigenvalue weighted by atomic mass is 9.91. The van der Waals surface area contributed by atoms with Crippen LogP contribution in [-0.2, 0) is 38.1 Å². The molecule has 0 heterocycles. The summed E-state index contributed by atoms with van der Waals surface area (Å²) >= 11 is 0. The topological polar surface area (TPSA) is 105 Å². The van der Waals surface area contributed by atoms with Crippen molar-refractivity contribution in [2.45, 2.75) is 27.2 Å². The molecule has 0 aromatic heterocycles. The summed E-state index contributed by atoms with van der Waals surface area (Å²) in [4.78, 5) is 44.0. The minimum atomic E-state index is -0.884. The van der Waals surface area contributed by atoms with Gasteiger partial charge in [-0.05, 0) is 0 Å². The molecule has 0 aliphatic rings. The number of carbonyl (C=O) groups excluding carboxylic acids is 4. The molecule has 0 spiro atoms. The molecule has 0 rings (SSSR count). The molecule has 0 fully saturated rings. The van der Waals surface area contributed by atoms with Crippen molar-refractivity contribution in [3.63, 3.8) is 0 Å². The largest absolute Gasteiger partial charge is 0.469 e. The van der Waals surface area contributed by atoms with Crippen LogP contribution < -0.4 is 0 Å². The minimum Gasteiger partial charge on any atom is -0.469 e. The third kappa shape index (κ3) is 9.49. The normalized spacial score (nSPS) is 12.2. The standard InChI is InChI=1S/C10H16O6.C5H10O2/c1-6(9(12)15-3)7(10(13)16-4)5-8(11)14-2;1-4(2)5(6)7-3/h6-7H,5H2,1-4H3;4H,1-3H3. The van der Waals surface area contributed by atoms with Crippen molar-refractivity contribution in [2.75, 3.05) is 28.4 Å². The number of carbonyl (C=O) groups is 4. The van der Waals surface area contributed by atoms with Crippen LogP contribution in [0, 0.1) is 17.8 Å². The highest BCUT2D eigenvalue weighted by molar-refractivity contribution is 5.85. The monoisotopic (exact) mass is 334 g/mol. The van der Waals surface area contributed by atoms with Crippen LogP contribution in [0.5, 0.6) is 0 Å². The highest BCUT2D eigenvalue weighted by Gasteiger charge is 2.33. The molecule has 0 saturated heterocycles. The molecule has 2 atom stereocenters. The Morgan fingerprint density at radius 2 is 1.13 bits per heavy atom. The molecule has 0 saturated carbocycles. The number of hydrogen-bond acceptors (Lipinski definition) is 8.